The van der Waals surface area contributed by atoms with Crippen LogP contribution in [0.25, 0.3) is 0 Å². The zero-order valence-corrected chi connectivity index (χ0v) is 8.78. The van der Waals surface area contributed by atoms with Crippen LogP contribution >= 0.6 is 0 Å². The molecule has 0 saturated heterocycles. The van der Waals surface area contributed by atoms with Gasteiger partial charge in [0, 0.05) is 25.8 Å². The zero-order valence-electron chi connectivity index (χ0n) is 8.78. The fourth-order valence-corrected chi connectivity index (χ4v) is 1.62. The SMILES string of the molecule is CNC(=O)CC1CCCCC#CC1(F)F. The third-order valence-corrected chi connectivity index (χ3v) is 2.58. The summed E-state index contributed by atoms with van der Waals surface area (Å²) in [6.07, 6.45) is 2.31. The molecule has 2 nitrogen and oxygen atoms in total. The van der Waals surface area contributed by atoms with Gasteiger partial charge in [-0.15, -0.1) is 0 Å². The molecule has 0 aromatic heterocycles. The van der Waals surface area contributed by atoms with Crippen molar-refractivity contribution >= 4 is 5.91 Å². The van der Waals surface area contributed by atoms with Crippen LogP contribution in [0.15, 0.2) is 0 Å². The van der Waals surface area contributed by atoms with Crippen molar-refractivity contribution < 1.29 is 13.6 Å². The first-order valence-corrected chi connectivity index (χ1v) is 5.14. The van der Waals surface area contributed by atoms with Crippen LogP contribution in [0, 0.1) is 17.8 Å². The standard InChI is InChI=1S/C11H15F2NO/c1-14-10(15)8-9-6-4-2-3-5-7-11(9,12)13/h9H,2-4,6,8H2,1H3,(H,14,15). The highest BCUT2D eigenvalue weighted by atomic mass is 19.3. The van der Waals surface area contributed by atoms with Crippen molar-refractivity contribution in [1.29, 1.82) is 0 Å². The number of hydrogen-bond donors (Lipinski definition) is 1. The van der Waals surface area contributed by atoms with Crippen LogP contribution in [0.5, 0.6) is 0 Å². The van der Waals surface area contributed by atoms with Gasteiger partial charge in [0.1, 0.15) is 0 Å². The second-order valence-electron chi connectivity index (χ2n) is 3.74. The lowest BCUT2D eigenvalue weighted by Gasteiger charge is -2.23. The van der Waals surface area contributed by atoms with E-state index >= 15 is 0 Å². The second kappa shape index (κ2) is 5.11. The first-order chi connectivity index (χ1) is 7.06. The predicted octanol–water partition coefficient (Wildman–Crippen LogP) is 1.95. The summed E-state index contributed by atoms with van der Waals surface area (Å²) in [5.41, 5.74) is 0. The molecule has 84 valence electrons. The van der Waals surface area contributed by atoms with Gasteiger partial charge in [0.15, 0.2) is 0 Å². The van der Waals surface area contributed by atoms with Gasteiger partial charge in [-0.2, -0.15) is 8.78 Å². The summed E-state index contributed by atoms with van der Waals surface area (Å²) in [6, 6.07) is 0. The first kappa shape index (κ1) is 12.0. The Labute approximate surface area is 88.4 Å². The van der Waals surface area contributed by atoms with E-state index in [1.807, 2.05) is 5.92 Å². The molecule has 15 heavy (non-hydrogen) atoms. The van der Waals surface area contributed by atoms with Crippen LogP contribution in [0.3, 0.4) is 0 Å². The lowest BCUT2D eigenvalue weighted by atomic mass is 9.89. The molecule has 1 N–H and O–H groups in total. The van der Waals surface area contributed by atoms with Gasteiger partial charge in [0.05, 0.1) is 0 Å². The number of carbonyl (C=O) groups excluding carboxylic acids is 1. The molecule has 0 heterocycles. The Balaban J connectivity index is 2.72. The molecule has 1 atom stereocenters. The number of halogens is 2. The van der Waals surface area contributed by atoms with Crippen LogP contribution in [-0.4, -0.2) is 18.9 Å². The van der Waals surface area contributed by atoms with Gasteiger partial charge in [-0.05, 0) is 18.8 Å². The lowest BCUT2D eigenvalue weighted by Crippen LogP contribution is -2.32. The molecule has 1 aliphatic carbocycles. The summed E-state index contributed by atoms with van der Waals surface area (Å²) in [5, 5.41) is 2.37. The van der Waals surface area contributed by atoms with E-state index in [-0.39, 0.29) is 12.3 Å². The highest BCUT2D eigenvalue weighted by molar-refractivity contribution is 5.76. The highest BCUT2D eigenvalue weighted by Gasteiger charge is 2.38. The van der Waals surface area contributed by atoms with Crippen molar-refractivity contribution in [2.75, 3.05) is 7.05 Å². The van der Waals surface area contributed by atoms with Gasteiger partial charge in [-0.25, -0.2) is 0 Å². The van der Waals surface area contributed by atoms with E-state index < -0.39 is 11.8 Å². The Kier molecular flexibility index (Phi) is 4.07. The number of alkyl halides is 2. The van der Waals surface area contributed by atoms with Crippen LogP contribution in [0.2, 0.25) is 0 Å². The van der Waals surface area contributed by atoms with Gasteiger partial charge in [0.25, 0.3) is 0 Å². The number of nitrogens with one attached hydrogen (secondary N) is 1. The molecule has 0 saturated carbocycles. The van der Waals surface area contributed by atoms with Crippen molar-refractivity contribution in [3.8, 4) is 11.8 Å². The summed E-state index contributed by atoms with van der Waals surface area (Å²) in [7, 11) is 1.45. The molecule has 0 spiro atoms. The smallest absolute Gasteiger partial charge is 0.311 e. The third kappa shape index (κ3) is 3.50. The predicted molar refractivity (Wildman–Crippen MR) is 53.4 cm³/mol. The summed E-state index contributed by atoms with van der Waals surface area (Å²) < 4.78 is 26.9. The van der Waals surface area contributed by atoms with Crippen molar-refractivity contribution in [2.45, 2.75) is 38.0 Å². The Morgan fingerprint density at radius 1 is 1.53 bits per heavy atom. The van der Waals surface area contributed by atoms with Gasteiger partial charge in [-0.1, -0.05) is 12.3 Å². The van der Waals surface area contributed by atoms with Crippen LogP contribution in [0.4, 0.5) is 8.78 Å². The maximum atomic E-state index is 13.5. The van der Waals surface area contributed by atoms with Gasteiger partial charge in [-0.3, -0.25) is 4.79 Å². The Morgan fingerprint density at radius 2 is 2.27 bits per heavy atom. The van der Waals surface area contributed by atoms with Gasteiger partial charge in [0.2, 0.25) is 5.91 Å². The van der Waals surface area contributed by atoms with E-state index in [9.17, 15) is 13.6 Å². The lowest BCUT2D eigenvalue weighted by molar-refractivity contribution is -0.124. The number of carbonyl (C=O) groups is 1. The van der Waals surface area contributed by atoms with Gasteiger partial charge >= 0.3 is 5.92 Å². The molecule has 0 radical (unpaired) electrons. The number of rotatable bonds is 2. The van der Waals surface area contributed by atoms with E-state index in [1.165, 1.54) is 7.05 Å². The molecular weight excluding hydrogens is 200 g/mol. The fourth-order valence-electron chi connectivity index (χ4n) is 1.62. The summed E-state index contributed by atoms with van der Waals surface area (Å²) >= 11 is 0. The molecule has 0 fully saturated rings. The second-order valence-corrected chi connectivity index (χ2v) is 3.74. The topological polar surface area (TPSA) is 29.1 Å². The molecule has 0 aromatic rings. The highest BCUT2D eigenvalue weighted by Crippen LogP contribution is 2.32. The molecule has 4 heteroatoms. The molecule has 1 unspecified atom stereocenters. The molecule has 1 amide bonds. The van der Waals surface area contributed by atoms with E-state index in [0.29, 0.717) is 19.3 Å². The van der Waals surface area contributed by atoms with Crippen LogP contribution in [-0.2, 0) is 4.79 Å². The molecule has 0 bridgehead atoms. The summed E-state index contributed by atoms with van der Waals surface area (Å²) in [5.74, 6) is 0.138. The summed E-state index contributed by atoms with van der Waals surface area (Å²) in [4.78, 5) is 11.1. The number of hydrogen-bond acceptors (Lipinski definition) is 1. The van der Waals surface area contributed by atoms with E-state index in [4.69, 9.17) is 0 Å². The van der Waals surface area contributed by atoms with Crippen LogP contribution in [0.1, 0.15) is 32.1 Å². The van der Waals surface area contributed by atoms with E-state index in [1.54, 1.807) is 0 Å². The van der Waals surface area contributed by atoms with E-state index in [0.717, 1.165) is 6.42 Å². The maximum Gasteiger partial charge on any atom is 0.311 e. The quantitative estimate of drug-likeness (QED) is 0.701. The molecule has 0 aliphatic heterocycles. The normalized spacial score (nSPS) is 24.3. The largest absolute Gasteiger partial charge is 0.359 e. The van der Waals surface area contributed by atoms with Crippen molar-refractivity contribution in [2.24, 2.45) is 5.92 Å². The fraction of sp³-hybridized carbons (Fsp3) is 0.727. The Morgan fingerprint density at radius 3 is 2.93 bits per heavy atom. The minimum absolute atomic E-state index is 0.141. The van der Waals surface area contributed by atoms with Gasteiger partial charge < -0.3 is 5.32 Å². The zero-order chi connectivity index (χ0) is 11.3. The number of amides is 1. The van der Waals surface area contributed by atoms with E-state index in [2.05, 4.69) is 11.2 Å². The Bertz CT molecular complexity index is 291. The average molecular weight is 215 g/mol. The Hall–Kier alpha value is -1.11. The average Bonchev–Trinajstić information content (AvgIpc) is 2.18. The minimum Gasteiger partial charge on any atom is -0.359 e. The summed E-state index contributed by atoms with van der Waals surface area (Å²) in [6.45, 7) is 0. The third-order valence-electron chi connectivity index (χ3n) is 2.58. The first-order valence-electron chi connectivity index (χ1n) is 5.14. The van der Waals surface area contributed by atoms with Crippen molar-refractivity contribution in [1.82, 2.24) is 5.32 Å². The molecule has 0 aromatic carbocycles. The van der Waals surface area contributed by atoms with Crippen molar-refractivity contribution in [3.63, 3.8) is 0 Å². The minimum atomic E-state index is -3.02. The molecular formula is C11H15F2NO. The monoisotopic (exact) mass is 215 g/mol. The van der Waals surface area contributed by atoms with Crippen LogP contribution < -0.4 is 5.32 Å². The van der Waals surface area contributed by atoms with Crippen molar-refractivity contribution in [3.05, 3.63) is 0 Å². The molecule has 1 rings (SSSR count). The maximum absolute atomic E-state index is 13.5. The molecule has 1 aliphatic rings.